The lowest BCUT2D eigenvalue weighted by atomic mass is 9.85. The van der Waals surface area contributed by atoms with E-state index in [1.54, 1.807) is 0 Å². The Balaban J connectivity index is 2.52. The molecule has 0 fully saturated rings. The minimum absolute atomic E-state index is 0.0217. The second-order valence-corrected chi connectivity index (χ2v) is 5.04. The third kappa shape index (κ3) is 2.27. The van der Waals surface area contributed by atoms with Gasteiger partial charge in [-0.1, -0.05) is 24.3 Å². The second kappa shape index (κ2) is 5.28. The standard InChI is InChI=1S/C14H14N2OS/c1-9-5-3-4-6-10(9)11-7-13(17)16-14(18-2)12(11)8-15/h3-6,11H,7H2,1-2H3,(H,16,17). The summed E-state index contributed by atoms with van der Waals surface area (Å²) in [4.78, 5) is 11.7. The number of nitriles is 1. The number of hydrogen-bond acceptors (Lipinski definition) is 3. The van der Waals surface area contributed by atoms with Gasteiger partial charge in [0.05, 0.1) is 16.7 Å². The predicted octanol–water partition coefficient (Wildman–Crippen LogP) is 2.70. The average molecular weight is 258 g/mol. The van der Waals surface area contributed by atoms with Gasteiger partial charge in [0.1, 0.15) is 0 Å². The molecular weight excluding hydrogens is 244 g/mol. The van der Waals surface area contributed by atoms with Gasteiger partial charge in [-0.15, -0.1) is 11.8 Å². The first-order valence-corrected chi connectivity index (χ1v) is 6.93. The summed E-state index contributed by atoms with van der Waals surface area (Å²) in [5.41, 5.74) is 2.84. The van der Waals surface area contributed by atoms with Gasteiger partial charge in [0.15, 0.2) is 0 Å². The number of nitrogens with zero attached hydrogens (tertiary/aromatic N) is 1. The summed E-state index contributed by atoms with van der Waals surface area (Å²) in [6, 6.07) is 10.2. The van der Waals surface area contributed by atoms with E-state index in [1.807, 2.05) is 37.4 Å². The molecule has 1 atom stereocenters. The average Bonchev–Trinajstić information content (AvgIpc) is 2.38. The van der Waals surface area contributed by atoms with Gasteiger partial charge in [0.25, 0.3) is 0 Å². The molecule has 0 aliphatic carbocycles. The van der Waals surface area contributed by atoms with Crippen molar-refractivity contribution in [1.82, 2.24) is 5.32 Å². The number of hydrogen-bond donors (Lipinski definition) is 1. The highest BCUT2D eigenvalue weighted by Gasteiger charge is 2.29. The Morgan fingerprint density at radius 1 is 1.44 bits per heavy atom. The van der Waals surface area contributed by atoms with Gasteiger partial charge in [0, 0.05) is 12.3 Å². The number of aryl methyl sites for hydroxylation is 1. The molecule has 1 amide bonds. The quantitative estimate of drug-likeness (QED) is 0.887. The van der Waals surface area contributed by atoms with Crippen molar-refractivity contribution in [3.63, 3.8) is 0 Å². The molecule has 0 bridgehead atoms. The minimum Gasteiger partial charge on any atom is -0.320 e. The normalized spacial score (nSPS) is 19.4. The van der Waals surface area contributed by atoms with Crippen LogP contribution in [0.4, 0.5) is 0 Å². The number of benzene rings is 1. The van der Waals surface area contributed by atoms with Crippen LogP contribution in [0.3, 0.4) is 0 Å². The van der Waals surface area contributed by atoms with Crippen molar-refractivity contribution in [2.45, 2.75) is 19.3 Å². The first-order chi connectivity index (χ1) is 8.67. The predicted molar refractivity (Wildman–Crippen MR) is 72.8 cm³/mol. The topological polar surface area (TPSA) is 52.9 Å². The molecule has 18 heavy (non-hydrogen) atoms. The fourth-order valence-corrected chi connectivity index (χ4v) is 2.85. The lowest BCUT2D eigenvalue weighted by Crippen LogP contribution is -2.30. The fourth-order valence-electron chi connectivity index (χ4n) is 2.22. The highest BCUT2D eigenvalue weighted by Crippen LogP contribution is 2.36. The number of thioether (sulfide) groups is 1. The SMILES string of the molecule is CSC1=C(C#N)C(c2ccccc2C)CC(=O)N1. The van der Waals surface area contributed by atoms with E-state index in [2.05, 4.69) is 11.4 Å². The smallest absolute Gasteiger partial charge is 0.225 e. The first-order valence-electron chi connectivity index (χ1n) is 5.71. The van der Waals surface area contributed by atoms with Gasteiger partial charge in [-0.25, -0.2) is 0 Å². The summed E-state index contributed by atoms with van der Waals surface area (Å²) >= 11 is 1.41. The molecule has 0 saturated heterocycles. The first kappa shape index (κ1) is 12.7. The number of carbonyl (C=O) groups excluding carboxylic acids is 1. The minimum atomic E-state index is -0.118. The second-order valence-electron chi connectivity index (χ2n) is 4.22. The zero-order valence-corrected chi connectivity index (χ0v) is 11.2. The van der Waals surface area contributed by atoms with Crippen LogP contribution < -0.4 is 5.32 Å². The molecule has 3 nitrogen and oxygen atoms in total. The summed E-state index contributed by atoms with van der Waals surface area (Å²) in [5, 5.41) is 12.8. The largest absolute Gasteiger partial charge is 0.320 e. The van der Waals surface area contributed by atoms with Crippen molar-refractivity contribution in [3.05, 3.63) is 46.0 Å². The van der Waals surface area contributed by atoms with Crippen molar-refractivity contribution >= 4 is 17.7 Å². The van der Waals surface area contributed by atoms with Crippen molar-refractivity contribution in [2.24, 2.45) is 0 Å². The van der Waals surface area contributed by atoms with Crippen LogP contribution in [0.25, 0.3) is 0 Å². The van der Waals surface area contributed by atoms with Crippen molar-refractivity contribution < 1.29 is 4.79 Å². The van der Waals surface area contributed by atoms with E-state index >= 15 is 0 Å². The van der Waals surface area contributed by atoms with E-state index in [-0.39, 0.29) is 11.8 Å². The van der Waals surface area contributed by atoms with Crippen LogP contribution in [-0.2, 0) is 4.79 Å². The Labute approximate surface area is 111 Å². The van der Waals surface area contributed by atoms with Crippen molar-refractivity contribution in [2.75, 3.05) is 6.26 Å². The monoisotopic (exact) mass is 258 g/mol. The molecule has 1 unspecified atom stereocenters. The van der Waals surface area contributed by atoms with Gasteiger partial charge < -0.3 is 5.32 Å². The highest BCUT2D eigenvalue weighted by atomic mass is 32.2. The molecule has 1 aliphatic rings. The molecule has 1 aliphatic heterocycles. The van der Waals surface area contributed by atoms with Crippen LogP contribution in [0, 0.1) is 18.3 Å². The van der Waals surface area contributed by atoms with Crippen LogP contribution in [0.5, 0.6) is 0 Å². The Morgan fingerprint density at radius 2 is 2.17 bits per heavy atom. The third-order valence-corrected chi connectivity index (χ3v) is 3.85. The molecule has 0 radical (unpaired) electrons. The fraction of sp³-hybridized carbons (Fsp3) is 0.286. The maximum Gasteiger partial charge on any atom is 0.225 e. The Morgan fingerprint density at radius 3 is 2.78 bits per heavy atom. The van der Waals surface area contributed by atoms with Gasteiger partial charge in [-0.2, -0.15) is 5.26 Å². The molecule has 1 N–H and O–H groups in total. The summed E-state index contributed by atoms with van der Waals surface area (Å²) in [5.74, 6) is -0.140. The maximum absolute atomic E-state index is 11.7. The highest BCUT2D eigenvalue weighted by molar-refractivity contribution is 8.02. The molecule has 4 heteroatoms. The summed E-state index contributed by atoms with van der Waals surface area (Å²) in [6.07, 6.45) is 2.21. The zero-order chi connectivity index (χ0) is 13.1. The van der Waals surface area contributed by atoms with E-state index in [0.717, 1.165) is 11.1 Å². The lowest BCUT2D eigenvalue weighted by molar-refractivity contribution is -0.120. The maximum atomic E-state index is 11.7. The van der Waals surface area contributed by atoms with Crippen LogP contribution in [0.1, 0.15) is 23.5 Å². The number of rotatable bonds is 2. The molecule has 1 aromatic rings. The van der Waals surface area contributed by atoms with E-state index in [4.69, 9.17) is 0 Å². The lowest BCUT2D eigenvalue weighted by Gasteiger charge is -2.25. The molecule has 0 spiro atoms. The number of nitrogens with one attached hydrogen (secondary N) is 1. The number of allylic oxidation sites excluding steroid dienone is 1. The Hall–Kier alpha value is -1.73. The van der Waals surface area contributed by atoms with Crippen molar-refractivity contribution in [3.8, 4) is 6.07 Å². The van der Waals surface area contributed by atoms with Gasteiger partial charge in [-0.05, 0) is 24.3 Å². The van der Waals surface area contributed by atoms with Gasteiger partial charge >= 0.3 is 0 Å². The van der Waals surface area contributed by atoms with E-state index < -0.39 is 0 Å². The van der Waals surface area contributed by atoms with E-state index in [0.29, 0.717) is 17.0 Å². The molecule has 92 valence electrons. The molecule has 1 heterocycles. The van der Waals surface area contributed by atoms with Crippen LogP contribution >= 0.6 is 11.8 Å². The van der Waals surface area contributed by atoms with Crippen LogP contribution in [-0.4, -0.2) is 12.2 Å². The zero-order valence-electron chi connectivity index (χ0n) is 10.4. The Bertz CT molecular complexity index is 557. The molecule has 0 aromatic heterocycles. The number of amides is 1. The van der Waals surface area contributed by atoms with Crippen LogP contribution in [0.2, 0.25) is 0 Å². The van der Waals surface area contributed by atoms with Crippen LogP contribution in [0.15, 0.2) is 34.9 Å². The van der Waals surface area contributed by atoms with E-state index in [1.165, 1.54) is 11.8 Å². The summed E-state index contributed by atoms with van der Waals surface area (Å²) < 4.78 is 0. The Kier molecular flexibility index (Phi) is 3.73. The van der Waals surface area contributed by atoms with Gasteiger partial charge in [0.2, 0.25) is 5.91 Å². The third-order valence-electron chi connectivity index (χ3n) is 3.12. The molecule has 1 aromatic carbocycles. The summed E-state index contributed by atoms with van der Waals surface area (Å²) in [6.45, 7) is 2.01. The van der Waals surface area contributed by atoms with Crippen molar-refractivity contribution in [1.29, 1.82) is 5.26 Å². The van der Waals surface area contributed by atoms with Gasteiger partial charge in [-0.3, -0.25) is 4.79 Å². The molecule has 2 rings (SSSR count). The molecule has 0 saturated carbocycles. The summed E-state index contributed by atoms with van der Waals surface area (Å²) in [7, 11) is 0. The molecular formula is C14H14N2OS. The van der Waals surface area contributed by atoms with E-state index in [9.17, 15) is 10.1 Å². The number of carbonyl (C=O) groups is 1.